The van der Waals surface area contributed by atoms with Crippen LogP contribution < -0.4 is 0 Å². The van der Waals surface area contributed by atoms with Gasteiger partial charge >= 0.3 is 0 Å². The van der Waals surface area contributed by atoms with Gasteiger partial charge in [-0.1, -0.05) is 102 Å². The molecule has 0 aliphatic rings. The molecule has 0 N–H and O–H groups in total. The molecule has 0 saturated heterocycles. The third-order valence-electron chi connectivity index (χ3n) is 4.27. The van der Waals surface area contributed by atoms with Crippen molar-refractivity contribution in [2.45, 2.75) is 40.5 Å². The Kier molecular flexibility index (Phi) is 11.0. The third kappa shape index (κ3) is 10.4. The van der Waals surface area contributed by atoms with Crippen molar-refractivity contribution in [2.24, 2.45) is 11.8 Å². The topological polar surface area (TPSA) is 0 Å². The summed E-state index contributed by atoms with van der Waals surface area (Å²) in [4.78, 5) is 0. The quantitative estimate of drug-likeness (QED) is 0.304. The van der Waals surface area contributed by atoms with Gasteiger partial charge in [0.1, 0.15) is 5.83 Å². The Morgan fingerprint density at radius 2 is 1.33 bits per heavy atom. The lowest BCUT2D eigenvalue weighted by Gasteiger charge is -2.13. The molecule has 0 aliphatic carbocycles. The van der Waals surface area contributed by atoms with E-state index >= 15 is 0 Å². The SMILES string of the molecule is C=C(C)/C=C\C(=C)C(=C)/C(F)=C\C(=C)C(=C)/C=C\C(=C)C(C)CCC(C)C. The maximum absolute atomic E-state index is 14.4. The van der Waals surface area contributed by atoms with Crippen LogP contribution in [0.5, 0.6) is 0 Å². The molecule has 0 spiro atoms. The third-order valence-corrected chi connectivity index (χ3v) is 4.27. The normalized spacial score (nSPS) is 13.2. The fraction of sp³-hybridized carbons (Fsp3) is 0.308. The Labute approximate surface area is 166 Å². The first kappa shape index (κ1) is 24.6. The Hall–Kier alpha value is -2.41. The molecule has 0 amide bonds. The molecule has 1 unspecified atom stereocenters. The number of hydrogen-bond acceptors (Lipinski definition) is 0. The standard InChI is InChI=1S/C26H35F/c1-18(2)11-13-20(5)21(6)15-16-22(7)24(9)17-26(27)25(10)23(8)14-12-19(3)4/h12,14-18,20H,3,6-11,13H2,1-2,4-5H3/b14-12-,16-15-,26-17+. The molecule has 146 valence electrons. The zero-order valence-corrected chi connectivity index (χ0v) is 17.6. The van der Waals surface area contributed by atoms with E-state index in [0.717, 1.165) is 17.6 Å². The smallest absolute Gasteiger partial charge is 0.131 e. The summed E-state index contributed by atoms with van der Waals surface area (Å²) in [5.74, 6) is 0.607. The van der Waals surface area contributed by atoms with Gasteiger partial charge in [0.25, 0.3) is 0 Å². The summed E-state index contributed by atoms with van der Waals surface area (Å²) in [6, 6.07) is 0. The molecule has 0 aromatic rings. The highest BCUT2D eigenvalue weighted by molar-refractivity contribution is 5.52. The largest absolute Gasteiger partial charge is 0.206 e. The van der Waals surface area contributed by atoms with Gasteiger partial charge in [-0.15, -0.1) is 0 Å². The van der Waals surface area contributed by atoms with E-state index in [1.54, 1.807) is 12.2 Å². The lowest BCUT2D eigenvalue weighted by molar-refractivity contribution is 0.494. The first-order valence-corrected chi connectivity index (χ1v) is 9.30. The zero-order chi connectivity index (χ0) is 21.1. The van der Waals surface area contributed by atoms with Gasteiger partial charge in [0.15, 0.2) is 0 Å². The summed E-state index contributed by atoms with van der Waals surface area (Å²) in [7, 11) is 0. The lowest BCUT2D eigenvalue weighted by atomic mass is 9.93. The fourth-order valence-electron chi connectivity index (χ4n) is 2.08. The second-order valence-corrected chi connectivity index (χ2v) is 7.51. The van der Waals surface area contributed by atoms with E-state index in [4.69, 9.17) is 0 Å². The molecule has 0 aromatic carbocycles. The van der Waals surface area contributed by atoms with Gasteiger partial charge in [-0.05, 0) is 48.0 Å². The molecular weight excluding hydrogens is 331 g/mol. The molecule has 0 radical (unpaired) electrons. The van der Waals surface area contributed by atoms with Gasteiger partial charge in [-0.2, -0.15) is 0 Å². The van der Waals surface area contributed by atoms with E-state index in [2.05, 4.69) is 60.2 Å². The maximum atomic E-state index is 14.4. The molecular formula is C26H35F. The van der Waals surface area contributed by atoms with E-state index in [-0.39, 0.29) is 5.57 Å². The summed E-state index contributed by atoms with van der Waals surface area (Å²) < 4.78 is 14.4. The molecule has 0 aliphatic heterocycles. The molecule has 1 atom stereocenters. The van der Waals surface area contributed by atoms with Crippen LogP contribution in [0.25, 0.3) is 0 Å². The van der Waals surface area contributed by atoms with Crippen LogP contribution in [0.3, 0.4) is 0 Å². The van der Waals surface area contributed by atoms with Gasteiger partial charge < -0.3 is 0 Å². The summed E-state index contributed by atoms with van der Waals surface area (Å²) >= 11 is 0. The second-order valence-electron chi connectivity index (χ2n) is 7.51. The van der Waals surface area contributed by atoms with Crippen LogP contribution in [-0.2, 0) is 0 Å². The molecule has 1 heteroatoms. The predicted octanol–water partition coefficient (Wildman–Crippen LogP) is 8.38. The predicted molar refractivity (Wildman–Crippen MR) is 121 cm³/mol. The minimum absolute atomic E-state index is 0.220. The van der Waals surface area contributed by atoms with Crippen molar-refractivity contribution >= 4 is 0 Å². The summed E-state index contributed by atoms with van der Waals surface area (Å²) in [5, 5.41) is 0. The molecule has 0 aromatic heterocycles. The first-order valence-electron chi connectivity index (χ1n) is 9.30. The van der Waals surface area contributed by atoms with Gasteiger partial charge in [0.2, 0.25) is 0 Å². The van der Waals surface area contributed by atoms with Crippen LogP contribution in [-0.4, -0.2) is 0 Å². The number of rotatable bonds is 12. The van der Waals surface area contributed by atoms with Gasteiger partial charge in [-0.3, -0.25) is 0 Å². The Bertz CT molecular complexity index is 704. The molecule has 0 heterocycles. The molecule has 0 bridgehead atoms. The number of allylic oxidation sites excluding steroid dienone is 12. The van der Waals surface area contributed by atoms with Crippen molar-refractivity contribution in [3.8, 4) is 0 Å². The Balaban J connectivity index is 4.88. The summed E-state index contributed by atoms with van der Waals surface area (Å²) in [6.07, 6.45) is 10.8. The fourth-order valence-corrected chi connectivity index (χ4v) is 2.08. The van der Waals surface area contributed by atoms with E-state index < -0.39 is 5.83 Å². The second kappa shape index (κ2) is 12.1. The molecule has 0 fully saturated rings. The van der Waals surface area contributed by atoms with E-state index in [1.807, 2.05) is 19.1 Å². The minimum atomic E-state index is -0.477. The zero-order valence-electron chi connectivity index (χ0n) is 17.6. The van der Waals surface area contributed by atoms with Crippen LogP contribution in [0.15, 0.2) is 109 Å². The Morgan fingerprint density at radius 1 is 0.778 bits per heavy atom. The highest BCUT2D eigenvalue weighted by Gasteiger charge is 2.07. The van der Waals surface area contributed by atoms with Crippen LogP contribution in [0.2, 0.25) is 0 Å². The highest BCUT2D eigenvalue weighted by Crippen LogP contribution is 2.23. The highest BCUT2D eigenvalue weighted by atomic mass is 19.1. The van der Waals surface area contributed by atoms with Crippen LogP contribution in [0.1, 0.15) is 40.5 Å². The number of hydrogen-bond donors (Lipinski definition) is 0. The summed E-state index contributed by atoms with van der Waals surface area (Å²) in [6.45, 7) is 31.8. The molecule has 0 rings (SSSR count). The van der Waals surface area contributed by atoms with Gasteiger partial charge in [0.05, 0.1) is 0 Å². The van der Waals surface area contributed by atoms with E-state index in [9.17, 15) is 4.39 Å². The lowest BCUT2D eigenvalue weighted by Crippen LogP contribution is -1.99. The van der Waals surface area contributed by atoms with E-state index in [1.165, 1.54) is 12.5 Å². The number of halogens is 1. The van der Waals surface area contributed by atoms with Crippen molar-refractivity contribution in [3.05, 3.63) is 109 Å². The monoisotopic (exact) mass is 366 g/mol. The van der Waals surface area contributed by atoms with Crippen LogP contribution in [0, 0.1) is 11.8 Å². The van der Waals surface area contributed by atoms with Crippen molar-refractivity contribution in [1.29, 1.82) is 0 Å². The van der Waals surface area contributed by atoms with Gasteiger partial charge in [-0.25, -0.2) is 4.39 Å². The van der Waals surface area contributed by atoms with Gasteiger partial charge in [0, 0.05) is 5.57 Å². The molecule has 27 heavy (non-hydrogen) atoms. The first-order chi connectivity index (χ1) is 12.5. The average molecular weight is 367 g/mol. The van der Waals surface area contributed by atoms with Crippen molar-refractivity contribution in [3.63, 3.8) is 0 Å². The van der Waals surface area contributed by atoms with Crippen molar-refractivity contribution in [2.75, 3.05) is 0 Å². The van der Waals surface area contributed by atoms with Crippen LogP contribution in [0.4, 0.5) is 4.39 Å². The Morgan fingerprint density at radius 3 is 1.85 bits per heavy atom. The molecule has 0 nitrogen and oxygen atoms in total. The van der Waals surface area contributed by atoms with Crippen molar-refractivity contribution < 1.29 is 4.39 Å². The minimum Gasteiger partial charge on any atom is -0.206 e. The average Bonchev–Trinajstić information content (AvgIpc) is 2.60. The molecule has 0 saturated carbocycles. The van der Waals surface area contributed by atoms with Crippen molar-refractivity contribution in [1.82, 2.24) is 0 Å². The summed E-state index contributed by atoms with van der Waals surface area (Å²) in [5.41, 5.74) is 3.74. The van der Waals surface area contributed by atoms with E-state index in [0.29, 0.717) is 28.6 Å². The maximum Gasteiger partial charge on any atom is 0.131 e. The van der Waals surface area contributed by atoms with Crippen LogP contribution >= 0.6 is 0 Å².